The summed E-state index contributed by atoms with van der Waals surface area (Å²) in [6.45, 7) is 0. The van der Waals surface area contributed by atoms with Crippen molar-refractivity contribution in [1.29, 1.82) is 0 Å². The van der Waals surface area contributed by atoms with Gasteiger partial charge < -0.3 is 0 Å². The second kappa shape index (κ2) is 4.65. The van der Waals surface area contributed by atoms with Crippen LogP contribution in [0.4, 0.5) is 0 Å². The van der Waals surface area contributed by atoms with Crippen LogP contribution in [-0.4, -0.2) is 18.2 Å². The summed E-state index contributed by atoms with van der Waals surface area (Å²) in [7, 11) is 1.75. The van der Waals surface area contributed by atoms with Crippen LogP contribution in [0.15, 0.2) is 36.5 Å². The van der Waals surface area contributed by atoms with E-state index in [-0.39, 0.29) is 5.75 Å². The summed E-state index contributed by atoms with van der Waals surface area (Å²) in [5.41, 5.74) is 2.74. The molecule has 0 bridgehead atoms. The van der Waals surface area contributed by atoms with Gasteiger partial charge in [0.05, 0.1) is 11.4 Å². The predicted molar refractivity (Wildman–Crippen MR) is 74.0 cm³/mol. The molecule has 100 valence electrons. The van der Waals surface area contributed by atoms with Gasteiger partial charge in [0.25, 0.3) is 0 Å². The summed E-state index contributed by atoms with van der Waals surface area (Å²) in [5.74, 6) is 0.422. The maximum Gasteiger partial charge on any atom is 0.236 e. The minimum atomic E-state index is -3.53. The number of aromatic nitrogens is 2. The van der Waals surface area contributed by atoms with E-state index in [0.717, 1.165) is 5.69 Å². The highest BCUT2D eigenvalue weighted by Gasteiger charge is 2.27. The zero-order chi connectivity index (χ0) is 13.5. The molecule has 2 aromatic rings. The highest BCUT2D eigenvalue weighted by atomic mass is 35.7. The van der Waals surface area contributed by atoms with Crippen LogP contribution in [0.25, 0.3) is 5.69 Å². The van der Waals surface area contributed by atoms with Crippen LogP contribution in [0.3, 0.4) is 0 Å². The number of nitrogens with zero attached hydrogens (tertiary/aromatic N) is 2. The topological polar surface area (TPSA) is 52.0 Å². The molecule has 0 atom stereocenters. The lowest BCUT2D eigenvalue weighted by atomic mass is 10.2. The van der Waals surface area contributed by atoms with Crippen LogP contribution < -0.4 is 0 Å². The maximum absolute atomic E-state index is 11.1. The van der Waals surface area contributed by atoms with Crippen LogP contribution in [0.5, 0.6) is 0 Å². The van der Waals surface area contributed by atoms with Crippen molar-refractivity contribution in [3.63, 3.8) is 0 Å². The third kappa shape index (κ3) is 2.98. The fourth-order valence-corrected chi connectivity index (χ4v) is 3.15. The van der Waals surface area contributed by atoms with E-state index in [1.807, 2.05) is 28.9 Å². The molecule has 0 saturated heterocycles. The first-order valence-electron chi connectivity index (χ1n) is 6.08. The molecule has 1 aliphatic carbocycles. The second-order valence-corrected chi connectivity index (χ2v) is 7.57. The van der Waals surface area contributed by atoms with Crippen molar-refractivity contribution in [3.05, 3.63) is 47.8 Å². The van der Waals surface area contributed by atoms with E-state index < -0.39 is 9.05 Å². The Kier molecular flexibility index (Phi) is 3.11. The van der Waals surface area contributed by atoms with Crippen molar-refractivity contribution in [2.75, 3.05) is 0 Å². The molecule has 0 aliphatic heterocycles. The number of benzene rings is 1. The van der Waals surface area contributed by atoms with Gasteiger partial charge in [-0.15, -0.1) is 0 Å². The van der Waals surface area contributed by atoms with Gasteiger partial charge in [-0.1, -0.05) is 12.1 Å². The minimum Gasteiger partial charge on any atom is -0.238 e. The van der Waals surface area contributed by atoms with E-state index in [0.29, 0.717) is 11.5 Å². The quantitative estimate of drug-likeness (QED) is 0.815. The third-order valence-electron chi connectivity index (χ3n) is 3.16. The van der Waals surface area contributed by atoms with Gasteiger partial charge >= 0.3 is 0 Å². The molecular formula is C13H13ClN2O2S. The maximum atomic E-state index is 11.1. The van der Waals surface area contributed by atoms with E-state index in [4.69, 9.17) is 10.7 Å². The second-order valence-electron chi connectivity index (χ2n) is 4.80. The van der Waals surface area contributed by atoms with Crippen LogP contribution in [0.1, 0.15) is 30.0 Å². The first kappa shape index (κ1) is 12.7. The molecule has 0 N–H and O–H groups in total. The Balaban J connectivity index is 1.96. The monoisotopic (exact) mass is 296 g/mol. The van der Waals surface area contributed by atoms with Crippen LogP contribution in [-0.2, 0) is 14.8 Å². The Morgan fingerprint density at radius 3 is 2.79 bits per heavy atom. The number of hydrogen-bond acceptors (Lipinski definition) is 3. The lowest BCUT2D eigenvalue weighted by molar-refractivity contribution is 0.609. The summed E-state index contributed by atoms with van der Waals surface area (Å²) in [6, 6.07) is 9.33. The summed E-state index contributed by atoms with van der Waals surface area (Å²) >= 11 is 0. The molecule has 6 heteroatoms. The van der Waals surface area contributed by atoms with Gasteiger partial charge in [-0.05, 0) is 36.6 Å². The normalized spacial score (nSPS) is 15.6. The molecular weight excluding hydrogens is 284 g/mol. The molecule has 19 heavy (non-hydrogen) atoms. The lowest BCUT2D eigenvalue weighted by Gasteiger charge is -2.08. The summed E-state index contributed by atoms with van der Waals surface area (Å²) in [4.78, 5) is 0. The molecule has 1 aromatic heterocycles. The van der Waals surface area contributed by atoms with Gasteiger partial charge in [0.15, 0.2) is 0 Å². The van der Waals surface area contributed by atoms with E-state index in [9.17, 15) is 8.42 Å². The Labute approximate surface area is 116 Å². The SMILES string of the molecule is O=S(=O)(Cl)Cc1cccc(-n2nccc2C2CC2)c1. The van der Waals surface area contributed by atoms with Gasteiger partial charge in [-0.3, -0.25) is 0 Å². The molecule has 0 radical (unpaired) electrons. The fourth-order valence-electron chi connectivity index (χ4n) is 2.19. The largest absolute Gasteiger partial charge is 0.238 e. The van der Waals surface area contributed by atoms with Crippen molar-refractivity contribution < 1.29 is 8.42 Å². The molecule has 0 unspecified atom stereocenters. The molecule has 1 saturated carbocycles. The number of hydrogen-bond donors (Lipinski definition) is 0. The van der Waals surface area contributed by atoms with Crippen molar-refractivity contribution in [3.8, 4) is 5.69 Å². The Morgan fingerprint density at radius 2 is 2.11 bits per heavy atom. The molecule has 1 aromatic carbocycles. The standard InChI is InChI=1S/C13H13ClN2O2S/c14-19(17,18)9-10-2-1-3-12(8-10)16-13(6-7-15-16)11-4-5-11/h1-3,6-8,11H,4-5,9H2. The summed E-state index contributed by atoms with van der Waals surface area (Å²) < 4.78 is 24.1. The third-order valence-corrected chi connectivity index (χ3v) is 4.17. The smallest absolute Gasteiger partial charge is 0.236 e. The zero-order valence-electron chi connectivity index (χ0n) is 10.2. The molecule has 4 nitrogen and oxygen atoms in total. The molecule has 0 spiro atoms. The fraction of sp³-hybridized carbons (Fsp3) is 0.308. The van der Waals surface area contributed by atoms with Gasteiger partial charge in [0.1, 0.15) is 0 Å². The van der Waals surface area contributed by atoms with Crippen molar-refractivity contribution in [1.82, 2.24) is 9.78 Å². The Morgan fingerprint density at radius 1 is 1.32 bits per heavy atom. The van der Waals surface area contributed by atoms with Gasteiger partial charge in [-0.2, -0.15) is 5.10 Å². The first-order chi connectivity index (χ1) is 9.03. The average Bonchev–Trinajstić information content (AvgIpc) is 3.05. The van der Waals surface area contributed by atoms with Gasteiger partial charge in [0.2, 0.25) is 9.05 Å². The van der Waals surface area contributed by atoms with Crippen molar-refractivity contribution >= 4 is 19.7 Å². The van der Waals surface area contributed by atoms with Crippen molar-refractivity contribution in [2.45, 2.75) is 24.5 Å². The Bertz CT molecular complexity index is 705. The molecule has 1 fully saturated rings. The summed E-state index contributed by atoms with van der Waals surface area (Å²) in [6.07, 6.45) is 4.17. The van der Waals surface area contributed by atoms with E-state index in [1.165, 1.54) is 18.5 Å². The molecule has 1 heterocycles. The number of halogens is 1. The van der Waals surface area contributed by atoms with Gasteiger partial charge in [0, 0.05) is 28.5 Å². The van der Waals surface area contributed by atoms with E-state index in [2.05, 4.69) is 5.10 Å². The Hall–Kier alpha value is -1.33. The molecule has 0 amide bonds. The highest BCUT2D eigenvalue weighted by Crippen LogP contribution is 2.40. The average molecular weight is 297 g/mol. The van der Waals surface area contributed by atoms with E-state index >= 15 is 0 Å². The highest BCUT2D eigenvalue weighted by molar-refractivity contribution is 8.13. The predicted octanol–water partition coefficient (Wildman–Crippen LogP) is 2.82. The zero-order valence-corrected chi connectivity index (χ0v) is 11.7. The van der Waals surface area contributed by atoms with E-state index in [1.54, 1.807) is 12.3 Å². The van der Waals surface area contributed by atoms with Gasteiger partial charge in [-0.25, -0.2) is 13.1 Å². The molecule has 1 aliphatic rings. The number of rotatable bonds is 4. The molecule has 3 rings (SSSR count). The van der Waals surface area contributed by atoms with Crippen LogP contribution >= 0.6 is 10.7 Å². The summed E-state index contributed by atoms with van der Waals surface area (Å²) in [5, 5.41) is 4.32. The lowest BCUT2D eigenvalue weighted by Crippen LogP contribution is -2.02. The van der Waals surface area contributed by atoms with Crippen molar-refractivity contribution in [2.24, 2.45) is 0 Å². The first-order valence-corrected chi connectivity index (χ1v) is 8.56. The van der Waals surface area contributed by atoms with Crippen LogP contribution in [0.2, 0.25) is 0 Å². The minimum absolute atomic E-state index is 0.164. The van der Waals surface area contributed by atoms with Crippen LogP contribution in [0, 0.1) is 0 Å².